The van der Waals surface area contributed by atoms with Gasteiger partial charge >= 0.3 is 0 Å². The highest BCUT2D eigenvalue weighted by Gasteiger charge is 2.32. The molecule has 0 aliphatic carbocycles. The van der Waals surface area contributed by atoms with E-state index in [2.05, 4.69) is 15.1 Å². The molecule has 2 aliphatic rings. The molecule has 2 fully saturated rings. The van der Waals surface area contributed by atoms with E-state index in [1.165, 1.54) is 0 Å². The van der Waals surface area contributed by atoms with Crippen molar-refractivity contribution in [2.75, 3.05) is 52.4 Å². The molecule has 2 rings (SSSR count). The van der Waals surface area contributed by atoms with Gasteiger partial charge in [0.05, 0.1) is 18.8 Å². The van der Waals surface area contributed by atoms with Gasteiger partial charge in [0.25, 0.3) is 0 Å². The van der Waals surface area contributed by atoms with Crippen molar-refractivity contribution in [3.05, 3.63) is 0 Å². The van der Waals surface area contributed by atoms with E-state index < -0.39 is 0 Å². The summed E-state index contributed by atoms with van der Waals surface area (Å²) in [5, 5.41) is 13.2. The number of β-amino-alcohol motifs (C(OH)–C–C–N with tert-alkyl or cyclic N) is 1. The maximum atomic E-state index is 9.84. The average molecular weight is 257 g/mol. The number of aliphatic hydroxyl groups excluding tert-OH is 1. The van der Waals surface area contributed by atoms with E-state index in [9.17, 15) is 5.11 Å². The number of aliphatic hydroxyl groups is 1. The molecule has 0 saturated carbocycles. The maximum absolute atomic E-state index is 9.84. The molecule has 5 heteroatoms. The van der Waals surface area contributed by atoms with Gasteiger partial charge in [-0.1, -0.05) is 0 Å². The minimum absolute atomic E-state index is 0.199. The number of nitrogens with zero attached hydrogens (tertiary/aromatic N) is 2. The molecular weight excluding hydrogens is 230 g/mol. The fraction of sp³-hybridized carbons (Fsp3) is 1.00. The first-order valence-electron chi connectivity index (χ1n) is 7.12. The number of nitrogens with one attached hydrogen (secondary N) is 1. The van der Waals surface area contributed by atoms with Crippen LogP contribution < -0.4 is 5.32 Å². The molecule has 0 aromatic heterocycles. The molecule has 2 aliphatic heterocycles. The number of piperazine rings is 1. The summed E-state index contributed by atoms with van der Waals surface area (Å²) in [6, 6.07) is 0.699. The van der Waals surface area contributed by atoms with E-state index in [0.717, 1.165) is 45.8 Å². The average Bonchev–Trinajstić information content (AvgIpc) is 2.32. The Bertz CT molecular complexity index is 238. The van der Waals surface area contributed by atoms with Gasteiger partial charge in [-0.2, -0.15) is 0 Å². The van der Waals surface area contributed by atoms with Crippen LogP contribution in [-0.4, -0.2) is 85.6 Å². The van der Waals surface area contributed by atoms with Crippen LogP contribution >= 0.6 is 0 Å². The molecule has 2 N–H and O–H groups in total. The predicted octanol–water partition coefficient (Wildman–Crippen LogP) is -0.638. The lowest BCUT2D eigenvalue weighted by atomic mass is 10.1. The summed E-state index contributed by atoms with van der Waals surface area (Å²) in [5.74, 6) is 0. The Morgan fingerprint density at radius 3 is 2.56 bits per heavy atom. The van der Waals surface area contributed by atoms with Gasteiger partial charge in [-0.25, -0.2) is 0 Å². The van der Waals surface area contributed by atoms with Crippen molar-refractivity contribution < 1.29 is 9.84 Å². The number of hydrogen-bond acceptors (Lipinski definition) is 5. The first-order valence-corrected chi connectivity index (χ1v) is 7.12. The van der Waals surface area contributed by atoms with Crippen molar-refractivity contribution in [2.45, 2.75) is 32.1 Å². The van der Waals surface area contributed by atoms with Crippen molar-refractivity contribution in [1.29, 1.82) is 0 Å². The van der Waals surface area contributed by atoms with Gasteiger partial charge in [-0.15, -0.1) is 0 Å². The van der Waals surface area contributed by atoms with Crippen LogP contribution in [0.1, 0.15) is 13.8 Å². The minimum atomic E-state index is -0.351. The van der Waals surface area contributed by atoms with Crippen molar-refractivity contribution in [3.63, 3.8) is 0 Å². The maximum Gasteiger partial charge on any atom is 0.0900 e. The lowest BCUT2D eigenvalue weighted by Gasteiger charge is -2.47. The van der Waals surface area contributed by atoms with Crippen molar-refractivity contribution in [3.8, 4) is 0 Å². The van der Waals surface area contributed by atoms with Gasteiger partial charge in [0.2, 0.25) is 0 Å². The second-order valence-electron chi connectivity index (χ2n) is 5.69. The van der Waals surface area contributed by atoms with Crippen molar-refractivity contribution in [1.82, 2.24) is 15.1 Å². The number of ether oxygens (including phenoxy) is 1. The summed E-state index contributed by atoms with van der Waals surface area (Å²) in [6.07, 6.45) is -0.152. The van der Waals surface area contributed by atoms with E-state index >= 15 is 0 Å². The molecule has 0 radical (unpaired) electrons. The normalized spacial score (nSPS) is 25.3. The van der Waals surface area contributed by atoms with Crippen LogP contribution in [0.5, 0.6) is 0 Å². The largest absolute Gasteiger partial charge is 0.389 e. The third-order valence-electron chi connectivity index (χ3n) is 3.70. The Kier molecular flexibility index (Phi) is 5.38. The van der Waals surface area contributed by atoms with Crippen LogP contribution in [-0.2, 0) is 4.74 Å². The Balaban J connectivity index is 1.57. The lowest BCUT2D eigenvalue weighted by Crippen LogP contribution is -2.63. The predicted molar refractivity (Wildman–Crippen MR) is 71.8 cm³/mol. The monoisotopic (exact) mass is 257 g/mol. The number of hydrogen-bond donors (Lipinski definition) is 2. The molecule has 1 unspecified atom stereocenters. The van der Waals surface area contributed by atoms with Crippen LogP contribution in [0.4, 0.5) is 0 Å². The summed E-state index contributed by atoms with van der Waals surface area (Å²) < 4.78 is 5.42. The van der Waals surface area contributed by atoms with E-state index in [4.69, 9.17) is 4.74 Å². The SMILES string of the molecule is CC(C)OCC(O)CN1CC(N2CCNCC2)C1. The Hall–Kier alpha value is -0.200. The van der Waals surface area contributed by atoms with Gasteiger partial charge in [0, 0.05) is 51.9 Å². The highest BCUT2D eigenvalue weighted by atomic mass is 16.5. The van der Waals surface area contributed by atoms with Crippen LogP contribution in [0.25, 0.3) is 0 Å². The smallest absolute Gasteiger partial charge is 0.0900 e. The summed E-state index contributed by atoms with van der Waals surface area (Å²) in [5.41, 5.74) is 0. The quantitative estimate of drug-likeness (QED) is 0.663. The Labute approximate surface area is 110 Å². The van der Waals surface area contributed by atoms with Crippen LogP contribution in [0.3, 0.4) is 0 Å². The molecule has 1 atom stereocenters. The highest BCUT2D eigenvalue weighted by Crippen LogP contribution is 2.15. The zero-order chi connectivity index (χ0) is 13.0. The summed E-state index contributed by atoms with van der Waals surface area (Å²) in [7, 11) is 0. The topological polar surface area (TPSA) is 48.0 Å². The van der Waals surface area contributed by atoms with Crippen LogP contribution in [0, 0.1) is 0 Å². The first-order chi connectivity index (χ1) is 8.65. The molecule has 18 heavy (non-hydrogen) atoms. The first kappa shape index (κ1) is 14.2. The third kappa shape index (κ3) is 4.17. The standard InChI is InChI=1S/C13H27N3O2/c1-11(2)18-10-13(17)9-15-7-12(8-15)16-5-3-14-4-6-16/h11-14,17H,3-10H2,1-2H3. The molecule has 0 bridgehead atoms. The molecule has 0 amide bonds. The summed E-state index contributed by atoms with van der Waals surface area (Å²) >= 11 is 0. The molecule has 2 saturated heterocycles. The fourth-order valence-corrected chi connectivity index (χ4v) is 2.62. The third-order valence-corrected chi connectivity index (χ3v) is 3.70. The summed E-state index contributed by atoms with van der Waals surface area (Å²) in [4.78, 5) is 4.88. The Morgan fingerprint density at radius 2 is 1.94 bits per heavy atom. The van der Waals surface area contributed by atoms with Crippen molar-refractivity contribution in [2.24, 2.45) is 0 Å². The second kappa shape index (κ2) is 6.82. The molecule has 2 heterocycles. The van der Waals surface area contributed by atoms with Crippen molar-refractivity contribution >= 4 is 0 Å². The van der Waals surface area contributed by atoms with Gasteiger partial charge in [-0.05, 0) is 13.8 Å². The molecule has 0 spiro atoms. The van der Waals surface area contributed by atoms with E-state index in [1.807, 2.05) is 13.8 Å². The molecule has 5 nitrogen and oxygen atoms in total. The molecule has 106 valence electrons. The van der Waals surface area contributed by atoms with E-state index in [1.54, 1.807) is 0 Å². The second-order valence-corrected chi connectivity index (χ2v) is 5.69. The Morgan fingerprint density at radius 1 is 1.28 bits per heavy atom. The van der Waals surface area contributed by atoms with Crippen LogP contribution in [0.15, 0.2) is 0 Å². The number of rotatable bonds is 6. The molecule has 0 aromatic carbocycles. The lowest BCUT2D eigenvalue weighted by molar-refractivity contribution is -0.0384. The zero-order valence-corrected chi connectivity index (χ0v) is 11.6. The van der Waals surface area contributed by atoms with Gasteiger partial charge in [-0.3, -0.25) is 9.80 Å². The van der Waals surface area contributed by atoms with E-state index in [0.29, 0.717) is 12.6 Å². The number of likely N-dealkylation sites (tertiary alicyclic amines) is 1. The van der Waals surface area contributed by atoms with E-state index in [-0.39, 0.29) is 12.2 Å². The molecular formula is C13H27N3O2. The summed E-state index contributed by atoms with van der Waals surface area (Å²) in [6.45, 7) is 11.9. The van der Waals surface area contributed by atoms with Gasteiger partial charge in [0.15, 0.2) is 0 Å². The zero-order valence-electron chi connectivity index (χ0n) is 11.6. The van der Waals surface area contributed by atoms with Gasteiger partial charge < -0.3 is 15.2 Å². The molecule has 0 aromatic rings. The van der Waals surface area contributed by atoms with Gasteiger partial charge in [0.1, 0.15) is 0 Å². The minimum Gasteiger partial charge on any atom is -0.389 e. The van der Waals surface area contributed by atoms with Crippen LogP contribution in [0.2, 0.25) is 0 Å². The highest BCUT2D eigenvalue weighted by molar-refractivity contribution is 4.90. The fourth-order valence-electron chi connectivity index (χ4n) is 2.62.